The third-order valence-electron chi connectivity index (χ3n) is 1.71. The number of urea groups is 1. The second-order valence-electron chi connectivity index (χ2n) is 3.16. The number of alkyl halides is 1. The number of rotatable bonds is 3. The van der Waals surface area contributed by atoms with Crippen LogP contribution >= 0.6 is 38.5 Å². The summed E-state index contributed by atoms with van der Waals surface area (Å²) < 4.78 is 1.15. The molecule has 0 spiro atoms. The van der Waals surface area contributed by atoms with Gasteiger partial charge in [0.25, 0.3) is 0 Å². The maximum absolute atomic E-state index is 11.4. The quantitative estimate of drug-likeness (QED) is 0.611. The van der Waals surface area contributed by atoms with Crippen molar-refractivity contribution in [3.05, 3.63) is 27.8 Å². The fourth-order valence-electron chi connectivity index (χ4n) is 0.963. The number of hydrogen-bond acceptors (Lipinski definition) is 1. The molecular formula is C10H12BrIN2O. The summed E-state index contributed by atoms with van der Waals surface area (Å²) in [5, 5.41) is 6.30. The van der Waals surface area contributed by atoms with Gasteiger partial charge in [-0.05, 0) is 53.8 Å². The molecule has 0 radical (unpaired) electrons. The molecular weight excluding hydrogens is 371 g/mol. The fraction of sp³-hybridized carbons (Fsp3) is 0.300. The van der Waals surface area contributed by atoms with Crippen LogP contribution < -0.4 is 10.6 Å². The average molecular weight is 383 g/mol. The van der Waals surface area contributed by atoms with Crippen LogP contribution in [0.15, 0.2) is 24.3 Å². The predicted octanol–water partition coefficient (Wildman–Crippen LogP) is 3.20. The van der Waals surface area contributed by atoms with Gasteiger partial charge in [-0.3, -0.25) is 0 Å². The SMILES string of the molecule is CC(CBr)NC(=O)Nc1ccc(I)cc1. The Bertz CT molecular complexity index is 329. The van der Waals surface area contributed by atoms with E-state index in [-0.39, 0.29) is 12.1 Å². The summed E-state index contributed by atoms with van der Waals surface area (Å²) in [6.45, 7) is 1.93. The first-order chi connectivity index (χ1) is 7.11. The van der Waals surface area contributed by atoms with Gasteiger partial charge in [0.05, 0.1) is 0 Å². The minimum atomic E-state index is -0.178. The summed E-state index contributed by atoms with van der Waals surface area (Å²) in [5.41, 5.74) is 0.801. The number of nitrogens with one attached hydrogen (secondary N) is 2. The molecule has 1 aromatic rings. The lowest BCUT2D eigenvalue weighted by molar-refractivity contribution is 0.250. The zero-order valence-electron chi connectivity index (χ0n) is 8.26. The Kier molecular flexibility index (Phi) is 5.38. The molecule has 0 heterocycles. The van der Waals surface area contributed by atoms with Gasteiger partial charge < -0.3 is 10.6 Å². The number of carbonyl (C=O) groups excluding carboxylic acids is 1. The largest absolute Gasteiger partial charge is 0.335 e. The molecule has 15 heavy (non-hydrogen) atoms. The number of amides is 2. The molecule has 0 bridgehead atoms. The summed E-state index contributed by atoms with van der Waals surface area (Å²) in [6.07, 6.45) is 0. The van der Waals surface area contributed by atoms with Crippen molar-refractivity contribution in [1.29, 1.82) is 0 Å². The fourth-order valence-corrected chi connectivity index (χ4v) is 1.48. The molecule has 82 valence electrons. The molecule has 0 saturated heterocycles. The standard InChI is InChI=1S/C10H12BrIN2O/c1-7(6-11)13-10(15)14-9-4-2-8(12)3-5-9/h2-5,7H,6H2,1H3,(H2,13,14,15). The summed E-state index contributed by atoms with van der Waals surface area (Å²) in [5.74, 6) is 0. The first-order valence-electron chi connectivity index (χ1n) is 4.51. The van der Waals surface area contributed by atoms with Gasteiger partial charge >= 0.3 is 6.03 Å². The molecule has 0 saturated carbocycles. The highest BCUT2D eigenvalue weighted by atomic mass is 127. The van der Waals surface area contributed by atoms with Crippen LogP contribution in [0.5, 0.6) is 0 Å². The van der Waals surface area contributed by atoms with Crippen molar-refractivity contribution < 1.29 is 4.79 Å². The molecule has 0 aliphatic carbocycles. The molecule has 1 aromatic carbocycles. The van der Waals surface area contributed by atoms with E-state index in [1.807, 2.05) is 31.2 Å². The lowest BCUT2D eigenvalue weighted by atomic mass is 10.3. The van der Waals surface area contributed by atoms with Crippen LogP contribution in [0, 0.1) is 3.57 Å². The van der Waals surface area contributed by atoms with Crippen molar-refractivity contribution in [2.45, 2.75) is 13.0 Å². The van der Waals surface area contributed by atoms with Crippen molar-refractivity contribution in [3.63, 3.8) is 0 Å². The highest BCUT2D eigenvalue weighted by molar-refractivity contribution is 14.1. The van der Waals surface area contributed by atoms with Crippen LogP contribution in [0.25, 0.3) is 0 Å². The molecule has 1 atom stereocenters. The lowest BCUT2D eigenvalue weighted by Crippen LogP contribution is -2.36. The summed E-state index contributed by atoms with van der Waals surface area (Å²) >= 11 is 5.52. The van der Waals surface area contributed by atoms with Gasteiger partial charge in [0.1, 0.15) is 0 Å². The second kappa shape index (κ2) is 6.32. The van der Waals surface area contributed by atoms with Gasteiger partial charge in [-0.1, -0.05) is 15.9 Å². The Morgan fingerprint density at radius 1 is 1.47 bits per heavy atom. The van der Waals surface area contributed by atoms with Crippen molar-refractivity contribution in [2.75, 3.05) is 10.6 Å². The second-order valence-corrected chi connectivity index (χ2v) is 5.05. The van der Waals surface area contributed by atoms with Gasteiger partial charge in [-0.15, -0.1) is 0 Å². The van der Waals surface area contributed by atoms with Crippen molar-refractivity contribution in [3.8, 4) is 0 Å². The van der Waals surface area contributed by atoms with Crippen LogP contribution in [0.3, 0.4) is 0 Å². The number of carbonyl (C=O) groups is 1. The van der Waals surface area contributed by atoms with Crippen molar-refractivity contribution >= 4 is 50.2 Å². The minimum absolute atomic E-state index is 0.119. The van der Waals surface area contributed by atoms with E-state index < -0.39 is 0 Å². The maximum Gasteiger partial charge on any atom is 0.319 e. The summed E-state index contributed by atoms with van der Waals surface area (Å²) in [6, 6.07) is 7.59. The molecule has 0 aliphatic heterocycles. The first-order valence-corrected chi connectivity index (χ1v) is 6.71. The zero-order chi connectivity index (χ0) is 11.3. The third kappa shape index (κ3) is 4.83. The highest BCUT2D eigenvalue weighted by Crippen LogP contribution is 2.10. The van der Waals surface area contributed by atoms with Crippen LogP contribution in [-0.2, 0) is 0 Å². The van der Waals surface area contributed by atoms with Gasteiger partial charge in [0.2, 0.25) is 0 Å². The summed E-state index contributed by atoms with van der Waals surface area (Å²) in [4.78, 5) is 11.4. The zero-order valence-corrected chi connectivity index (χ0v) is 12.0. The van der Waals surface area contributed by atoms with E-state index in [0.29, 0.717) is 0 Å². The Morgan fingerprint density at radius 2 is 2.07 bits per heavy atom. The van der Waals surface area contributed by atoms with Crippen LogP contribution in [0.2, 0.25) is 0 Å². The smallest absolute Gasteiger partial charge is 0.319 e. The van der Waals surface area contributed by atoms with E-state index in [4.69, 9.17) is 0 Å². The molecule has 0 fully saturated rings. The minimum Gasteiger partial charge on any atom is -0.335 e. The Hall–Kier alpha value is -0.300. The Morgan fingerprint density at radius 3 is 2.60 bits per heavy atom. The average Bonchev–Trinajstić information content (AvgIpc) is 2.21. The molecule has 1 unspecified atom stereocenters. The predicted molar refractivity (Wildman–Crippen MR) is 74.6 cm³/mol. The van der Waals surface area contributed by atoms with Crippen molar-refractivity contribution in [2.24, 2.45) is 0 Å². The van der Waals surface area contributed by atoms with E-state index in [2.05, 4.69) is 49.2 Å². The van der Waals surface area contributed by atoms with E-state index in [1.165, 1.54) is 0 Å². The van der Waals surface area contributed by atoms with Gasteiger partial charge in [-0.25, -0.2) is 4.79 Å². The molecule has 3 nitrogen and oxygen atoms in total. The van der Waals surface area contributed by atoms with Crippen LogP contribution in [-0.4, -0.2) is 17.4 Å². The number of hydrogen-bond donors (Lipinski definition) is 2. The normalized spacial score (nSPS) is 11.9. The highest BCUT2D eigenvalue weighted by Gasteiger charge is 2.05. The lowest BCUT2D eigenvalue weighted by Gasteiger charge is -2.11. The van der Waals surface area contributed by atoms with Gasteiger partial charge in [-0.2, -0.15) is 0 Å². The van der Waals surface area contributed by atoms with E-state index in [1.54, 1.807) is 0 Å². The third-order valence-corrected chi connectivity index (χ3v) is 3.40. The monoisotopic (exact) mass is 382 g/mol. The van der Waals surface area contributed by atoms with E-state index >= 15 is 0 Å². The van der Waals surface area contributed by atoms with Crippen molar-refractivity contribution in [1.82, 2.24) is 5.32 Å². The molecule has 0 aromatic heterocycles. The van der Waals surface area contributed by atoms with Gasteiger partial charge in [0, 0.05) is 20.6 Å². The van der Waals surface area contributed by atoms with Gasteiger partial charge in [0.15, 0.2) is 0 Å². The Labute approximate surface area is 111 Å². The van der Waals surface area contributed by atoms with Crippen LogP contribution in [0.1, 0.15) is 6.92 Å². The molecule has 2 amide bonds. The molecule has 5 heteroatoms. The first kappa shape index (κ1) is 12.8. The molecule has 1 rings (SSSR count). The number of anilines is 1. The van der Waals surface area contributed by atoms with Crippen LogP contribution in [0.4, 0.5) is 10.5 Å². The summed E-state index contributed by atoms with van der Waals surface area (Å²) in [7, 11) is 0. The Balaban J connectivity index is 2.48. The number of benzene rings is 1. The molecule has 2 N–H and O–H groups in total. The van der Waals surface area contributed by atoms with E-state index in [0.717, 1.165) is 14.6 Å². The molecule has 0 aliphatic rings. The maximum atomic E-state index is 11.4. The number of halogens is 2. The van der Waals surface area contributed by atoms with E-state index in [9.17, 15) is 4.79 Å². The topological polar surface area (TPSA) is 41.1 Å².